The van der Waals surface area contributed by atoms with Gasteiger partial charge in [0.2, 0.25) is 5.91 Å². The maximum atomic E-state index is 12.8. The molecule has 9 nitrogen and oxygen atoms in total. The molecule has 0 aliphatic heterocycles. The molecule has 0 fully saturated rings. The number of carboxylic acid groups (broad SMARTS) is 1. The number of aromatic nitrogens is 1. The number of carbonyl (C=O) groups is 3. The first-order valence-electron chi connectivity index (χ1n) is 10.2. The van der Waals surface area contributed by atoms with Gasteiger partial charge in [-0.25, -0.2) is 0 Å². The molecular formula is C24H21Cl2N3O6. The molecule has 0 aliphatic rings. The van der Waals surface area contributed by atoms with Crippen LogP contribution in [0.2, 0.25) is 10.0 Å². The number of methoxy groups -OCH3 is 2. The van der Waals surface area contributed by atoms with Gasteiger partial charge in [0.05, 0.1) is 29.8 Å². The van der Waals surface area contributed by atoms with Crippen molar-refractivity contribution in [3.05, 3.63) is 76.0 Å². The van der Waals surface area contributed by atoms with E-state index in [-0.39, 0.29) is 27.7 Å². The predicted molar refractivity (Wildman–Crippen MR) is 132 cm³/mol. The molecule has 1 heterocycles. The fraction of sp³-hybridized carbons (Fsp3) is 0.167. The number of pyridine rings is 1. The number of carboxylic acids is 1. The fourth-order valence-electron chi connectivity index (χ4n) is 3.26. The van der Waals surface area contributed by atoms with Crippen molar-refractivity contribution in [2.45, 2.75) is 6.42 Å². The van der Waals surface area contributed by atoms with Crippen LogP contribution < -0.4 is 20.1 Å². The van der Waals surface area contributed by atoms with Gasteiger partial charge in [0, 0.05) is 18.1 Å². The number of nitrogens with zero attached hydrogens (tertiary/aromatic N) is 1. The highest BCUT2D eigenvalue weighted by Crippen LogP contribution is 2.34. The largest absolute Gasteiger partial charge is 0.494 e. The Labute approximate surface area is 211 Å². The van der Waals surface area contributed by atoms with E-state index in [4.69, 9.17) is 32.7 Å². The molecule has 35 heavy (non-hydrogen) atoms. The Hall–Kier alpha value is -3.82. The molecule has 0 bridgehead atoms. The number of ether oxygens (including phenoxy) is 2. The summed E-state index contributed by atoms with van der Waals surface area (Å²) >= 11 is 12.0. The maximum Gasteiger partial charge on any atom is 0.316 e. The van der Waals surface area contributed by atoms with Crippen molar-refractivity contribution >= 4 is 52.4 Å². The van der Waals surface area contributed by atoms with E-state index in [1.807, 2.05) is 0 Å². The second-order valence-corrected chi connectivity index (χ2v) is 8.07. The van der Waals surface area contributed by atoms with Crippen LogP contribution in [0.4, 0.5) is 11.4 Å². The molecular weight excluding hydrogens is 497 g/mol. The van der Waals surface area contributed by atoms with Crippen molar-refractivity contribution in [1.29, 1.82) is 0 Å². The molecule has 0 radical (unpaired) electrons. The molecule has 2 aromatic carbocycles. The lowest BCUT2D eigenvalue weighted by atomic mass is 9.98. The minimum Gasteiger partial charge on any atom is -0.494 e. The van der Waals surface area contributed by atoms with Crippen molar-refractivity contribution in [1.82, 2.24) is 4.98 Å². The van der Waals surface area contributed by atoms with Gasteiger partial charge in [0.15, 0.2) is 0 Å². The Morgan fingerprint density at radius 1 is 0.943 bits per heavy atom. The Morgan fingerprint density at radius 3 is 2.03 bits per heavy atom. The van der Waals surface area contributed by atoms with Gasteiger partial charge >= 0.3 is 5.97 Å². The van der Waals surface area contributed by atoms with E-state index >= 15 is 0 Å². The Balaban J connectivity index is 1.73. The molecule has 1 unspecified atom stereocenters. The van der Waals surface area contributed by atoms with E-state index in [1.54, 1.807) is 42.5 Å². The number of anilines is 2. The van der Waals surface area contributed by atoms with Crippen LogP contribution in [0.15, 0.2) is 54.9 Å². The predicted octanol–water partition coefficient (Wildman–Crippen LogP) is 4.54. The van der Waals surface area contributed by atoms with Gasteiger partial charge in [-0.2, -0.15) is 0 Å². The molecule has 0 aliphatic carbocycles. The quantitative estimate of drug-likeness (QED) is 0.355. The first kappa shape index (κ1) is 25.8. The van der Waals surface area contributed by atoms with Crippen LogP contribution >= 0.6 is 23.2 Å². The zero-order chi connectivity index (χ0) is 25.5. The van der Waals surface area contributed by atoms with E-state index in [1.165, 1.54) is 26.6 Å². The number of rotatable bonds is 9. The molecule has 182 valence electrons. The molecule has 0 saturated heterocycles. The second kappa shape index (κ2) is 11.5. The first-order chi connectivity index (χ1) is 16.7. The van der Waals surface area contributed by atoms with Gasteiger partial charge < -0.3 is 25.2 Å². The van der Waals surface area contributed by atoms with Gasteiger partial charge in [0.1, 0.15) is 23.1 Å². The van der Waals surface area contributed by atoms with Crippen LogP contribution in [0.25, 0.3) is 0 Å². The molecule has 2 amide bonds. The molecule has 3 rings (SSSR count). The zero-order valence-electron chi connectivity index (χ0n) is 18.7. The lowest BCUT2D eigenvalue weighted by molar-refractivity contribution is -0.145. The van der Waals surface area contributed by atoms with E-state index in [9.17, 15) is 19.5 Å². The van der Waals surface area contributed by atoms with Crippen LogP contribution in [0.1, 0.15) is 15.9 Å². The van der Waals surface area contributed by atoms with Crippen molar-refractivity contribution in [2.24, 2.45) is 5.92 Å². The number of halogens is 2. The molecule has 3 N–H and O–H groups in total. The Kier molecular flexibility index (Phi) is 8.51. The number of carbonyl (C=O) groups excluding carboxylic acids is 2. The van der Waals surface area contributed by atoms with Gasteiger partial charge in [-0.3, -0.25) is 19.4 Å². The lowest BCUT2D eigenvalue weighted by Crippen LogP contribution is -2.31. The molecule has 3 aromatic rings. The van der Waals surface area contributed by atoms with Gasteiger partial charge in [-0.15, -0.1) is 0 Å². The monoisotopic (exact) mass is 517 g/mol. The third kappa shape index (κ3) is 6.20. The highest BCUT2D eigenvalue weighted by Gasteiger charge is 2.28. The molecule has 1 atom stereocenters. The average molecular weight is 518 g/mol. The minimum atomic E-state index is -1.39. The molecule has 1 aromatic heterocycles. The summed E-state index contributed by atoms with van der Waals surface area (Å²) in [4.78, 5) is 41.0. The molecule has 0 spiro atoms. The highest BCUT2D eigenvalue weighted by molar-refractivity contribution is 6.40. The van der Waals surface area contributed by atoms with E-state index < -0.39 is 23.7 Å². The van der Waals surface area contributed by atoms with E-state index in [0.29, 0.717) is 22.7 Å². The summed E-state index contributed by atoms with van der Waals surface area (Å²) in [6.07, 6.45) is 2.53. The first-order valence-corrected chi connectivity index (χ1v) is 10.9. The van der Waals surface area contributed by atoms with Crippen LogP contribution in [0.5, 0.6) is 11.5 Å². The number of aliphatic carboxylic acids is 1. The Morgan fingerprint density at radius 2 is 1.51 bits per heavy atom. The highest BCUT2D eigenvalue weighted by atomic mass is 35.5. The van der Waals surface area contributed by atoms with Crippen molar-refractivity contribution in [3.63, 3.8) is 0 Å². The number of hydrogen-bond donors (Lipinski definition) is 3. The summed E-state index contributed by atoms with van der Waals surface area (Å²) in [6.45, 7) is 0. The number of nitrogens with one attached hydrogen (secondary N) is 2. The number of para-hydroxylation sites is 1. The van der Waals surface area contributed by atoms with E-state index in [2.05, 4.69) is 15.6 Å². The van der Waals surface area contributed by atoms with Gasteiger partial charge in [0.25, 0.3) is 5.91 Å². The summed E-state index contributed by atoms with van der Waals surface area (Å²) in [5.74, 6) is -3.29. The fourth-order valence-corrected chi connectivity index (χ4v) is 3.79. The summed E-state index contributed by atoms with van der Waals surface area (Å²) < 4.78 is 10.5. The summed E-state index contributed by atoms with van der Waals surface area (Å²) in [5, 5.41) is 15.1. The van der Waals surface area contributed by atoms with Crippen molar-refractivity contribution in [2.75, 3.05) is 24.9 Å². The molecule has 11 heteroatoms. The average Bonchev–Trinajstić information content (AvgIpc) is 2.83. The normalized spacial score (nSPS) is 11.3. The van der Waals surface area contributed by atoms with Crippen LogP contribution in [-0.2, 0) is 16.0 Å². The topological polar surface area (TPSA) is 127 Å². The summed E-state index contributed by atoms with van der Waals surface area (Å²) in [6, 6.07) is 11.3. The number of amides is 2. The standard InChI is InChI=1S/C24H21Cl2N3O6/c1-34-18-4-3-5-19(35-2)21(18)29-22(30)15(24(32)33)10-13-6-8-14(9-7-13)28-23(31)20-16(25)11-27-12-17(20)26/h3-9,11-12,15H,10H2,1-2H3,(H,28,31)(H,29,30)(H,32,33). The van der Waals surface area contributed by atoms with Crippen LogP contribution in [-0.4, -0.2) is 42.1 Å². The number of benzene rings is 2. The maximum absolute atomic E-state index is 12.8. The third-order valence-corrected chi connectivity index (χ3v) is 5.60. The molecule has 0 saturated carbocycles. The van der Waals surface area contributed by atoms with Crippen LogP contribution in [0.3, 0.4) is 0 Å². The summed E-state index contributed by atoms with van der Waals surface area (Å²) in [7, 11) is 2.85. The van der Waals surface area contributed by atoms with Gasteiger partial charge in [-0.1, -0.05) is 41.4 Å². The van der Waals surface area contributed by atoms with E-state index in [0.717, 1.165) is 0 Å². The lowest BCUT2D eigenvalue weighted by Gasteiger charge is -2.17. The van der Waals surface area contributed by atoms with Crippen molar-refractivity contribution < 1.29 is 29.0 Å². The summed E-state index contributed by atoms with van der Waals surface area (Å²) in [5.41, 5.74) is 1.32. The second-order valence-electron chi connectivity index (χ2n) is 7.25. The third-order valence-electron chi connectivity index (χ3n) is 5.02. The SMILES string of the molecule is COc1cccc(OC)c1NC(=O)C(Cc1ccc(NC(=O)c2c(Cl)cncc2Cl)cc1)C(=O)O. The number of hydrogen-bond acceptors (Lipinski definition) is 6. The van der Waals surface area contributed by atoms with Gasteiger partial charge in [-0.05, 0) is 36.2 Å². The minimum absolute atomic E-state index is 0.0850. The smallest absolute Gasteiger partial charge is 0.316 e. The Bertz CT molecular complexity index is 1210. The zero-order valence-corrected chi connectivity index (χ0v) is 20.2. The van der Waals surface area contributed by atoms with Crippen LogP contribution in [0, 0.1) is 5.92 Å². The van der Waals surface area contributed by atoms with Crippen molar-refractivity contribution in [3.8, 4) is 11.5 Å².